The number of hydrogen-bond acceptors (Lipinski definition) is 2. The van der Waals surface area contributed by atoms with Crippen LogP contribution < -0.4 is 0 Å². The summed E-state index contributed by atoms with van der Waals surface area (Å²) >= 11 is 0. The SMILES string of the molecule is CC(C)C1CCCN(CC(=O)C2CCCCC2)CC1. The number of likely N-dealkylation sites (tertiary alicyclic amines) is 1. The fraction of sp³-hybridized carbons (Fsp3) is 0.941. The first kappa shape index (κ1) is 15.0. The summed E-state index contributed by atoms with van der Waals surface area (Å²) in [4.78, 5) is 14.8. The standard InChI is InChI=1S/C17H31NO/c1-14(2)15-9-6-11-18(12-10-15)13-17(19)16-7-4-3-5-8-16/h14-16H,3-13H2,1-2H3. The molecule has 0 N–H and O–H groups in total. The third-order valence-corrected chi connectivity index (χ3v) is 5.25. The Morgan fingerprint density at radius 3 is 2.42 bits per heavy atom. The van der Waals surface area contributed by atoms with E-state index in [0.29, 0.717) is 11.7 Å². The van der Waals surface area contributed by atoms with E-state index in [-0.39, 0.29) is 0 Å². The van der Waals surface area contributed by atoms with E-state index in [1.807, 2.05) is 0 Å². The minimum Gasteiger partial charge on any atom is -0.298 e. The Morgan fingerprint density at radius 1 is 1.00 bits per heavy atom. The summed E-state index contributed by atoms with van der Waals surface area (Å²) in [7, 11) is 0. The van der Waals surface area contributed by atoms with Crippen LogP contribution in [0.3, 0.4) is 0 Å². The summed E-state index contributed by atoms with van der Waals surface area (Å²) in [6.45, 7) is 7.69. The van der Waals surface area contributed by atoms with Gasteiger partial charge in [-0.25, -0.2) is 0 Å². The van der Waals surface area contributed by atoms with Crippen LogP contribution in [0.1, 0.15) is 65.2 Å². The molecule has 0 bridgehead atoms. The number of carbonyl (C=O) groups is 1. The normalized spacial score (nSPS) is 27.4. The first-order valence-electron chi connectivity index (χ1n) is 8.42. The number of rotatable bonds is 4. The van der Waals surface area contributed by atoms with Crippen LogP contribution in [0.25, 0.3) is 0 Å². The minimum absolute atomic E-state index is 0.387. The molecule has 0 spiro atoms. The minimum atomic E-state index is 0.387. The molecule has 2 fully saturated rings. The van der Waals surface area contributed by atoms with Gasteiger partial charge in [0.25, 0.3) is 0 Å². The second-order valence-corrected chi connectivity index (χ2v) is 7.01. The van der Waals surface area contributed by atoms with Crippen molar-refractivity contribution in [2.45, 2.75) is 65.2 Å². The zero-order valence-corrected chi connectivity index (χ0v) is 12.9. The lowest BCUT2D eigenvalue weighted by Gasteiger charge is -2.25. The second kappa shape index (κ2) is 7.42. The van der Waals surface area contributed by atoms with Crippen LogP contribution in [0.4, 0.5) is 0 Å². The molecule has 2 heteroatoms. The molecular formula is C17H31NO. The summed E-state index contributed by atoms with van der Waals surface area (Å²) in [6.07, 6.45) is 10.1. The Labute approximate surface area is 118 Å². The maximum Gasteiger partial charge on any atom is 0.149 e. The fourth-order valence-electron chi connectivity index (χ4n) is 3.78. The van der Waals surface area contributed by atoms with E-state index in [4.69, 9.17) is 0 Å². The van der Waals surface area contributed by atoms with Gasteiger partial charge in [0.15, 0.2) is 0 Å². The molecular weight excluding hydrogens is 234 g/mol. The third kappa shape index (κ3) is 4.59. The monoisotopic (exact) mass is 265 g/mol. The average molecular weight is 265 g/mol. The molecule has 1 atom stereocenters. The summed E-state index contributed by atoms with van der Waals surface area (Å²) in [5, 5.41) is 0. The number of nitrogens with zero attached hydrogens (tertiary/aromatic N) is 1. The number of hydrogen-bond donors (Lipinski definition) is 0. The highest BCUT2D eigenvalue weighted by molar-refractivity contribution is 5.83. The third-order valence-electron chi connectivity index (χ3n) is 5.25. The van der Waals surface area contributed by atoms with Crippen molar-refractivity contribution in [1.82, 2.24) is 4.90 Å². The zero-order chi connectivity index (χ0) is 13.7. The van der Waals surface area contributed by atoms with Crippen LogP contribution in [-0.4, -0.2) is 30.3 Å². The molecule has 1 unspecified atom stereocenters. The van der Waals surface area contributed by atoms with Crippen molar-refractivity contribution in [1.29, 1.82) is 0 Å². The molecule has 1 saturated carbocycles. The van der Waals surface area contributed by atoms with Gasteiger partial charge in [0, 0.05) is 5.92 Å². The van der Waals surface area contributed by atoms with E-state index >= 15 is 0 Å². The van der Waals surface area contributed by atoms with Crippen molar-refractivity contribution in [3.05, 3.63) is 0 Å². The number of carbonyl (C=O) groups excluding carboxylic acids is 1. The maximum absolute atomic E-state index is 12.4. The molecule has 0 radical (unpaired) electrons. The lowest BCUT2D eigenvalue weighted by molar-refractivity contribution is -0.124. The summed E-state index contributed by atoms with van der Waals surface area (Å²) in [6, 6.07) is 0. The van der Waals surface area contributed by atoms with Gasteiger partial charge in [0.2, 0.25) is 0 Å². The van der Waals surface area contributed by atoms with Gasteiger partial charge >= 0.3 is 0 Å². The van der Waals surface area contributed by atoms with Crippen LogP contribution in [0.15, 0.2) is 0 Å². The van der Waals surface area contributed by atoms with Crippen LogP contribution in [-0.2, 0) is 4.79 Å². The number of Topliss-reactive ketones (excluding diaryl/α,β-unsaturated/α-hetero) is 1. The zero-order valence-electron chi connectivity index (χ0n) is 12.9. The van der Waals surface area contributed by atoms with Crippen LogP contribution in [0.2, 0.25) is 0 Å². The lowest BCUT2D eigenvalue weighted by atomic mass is 9.86. The van der Waals surface area contributed by atoms with Crippen molar-refractivity contribution in [2.75, 3.05) is 19.6 Å². The smallest absolute Gasteiger partial charge is 0.149 e. The van der Waals surface area contributed by atoms with Crippen LogP contribution in [0.5, 0.6) is 0 Å². The van der Waals surface area contributed by atoms with Gasteiger partial charge < -0.3 is 0 Å². The Morgan fingerprint density at radius 2 is 1.74 bits per heavy atom. The van der Waals surface area contributed by atoms with Gasteiger partial charge in [0.1, 0.15) is 5.78 Å². The summed E-state index contributed by atoms with van der Waals surface area (Å²) < 4.78 is 0. The molecule has 2 nitrogen and oxygen atoms in total. The first-order chi connectivity index (χ1) is 9.16. The lowest BCUT2D eigenvalue weighted by Crippen LogP contribution is -2.34. The molecule has 0 aromatic rings. The Hall–Kier alpha value is -0.370. The summed E-state index contributed by atoms with van der Waals surface area (Å²) in [5.74, 6) is 2.59. The van der Waals surface area contributed by atoms with Crippen molar-refractivity contribution in [3.63, 3.8) is 0 Å². The highest BCUT2D eigenvalue weighted by atomic mass is 16.1. The van der Waals surface area contributed by atoms with Crippen molar-refractivity contribution in [3.8, 4) is 0 Å². The predicted molar refractivity (Wildman–Crippen MR) is 80.2 cm³/mol. The molecule has 0 amide bonds. The van der Waals surface area contributed by atoms with Crippen molar-refractivity contribution in [2.24, 2.45) is 17.8 Å². The van der Waals surface area contributed by atoms with E-state index in [1.54, 1.807) is 0 Å². The van der Waals surface area contributed by atoms with Crippen LogP contribution >= 0.6 is 0 Å². The molecule has 1 heterocycles. The highest BCUT2D eigenvalue weighted by Crippen LogP contribution is 2.27. The topological polar surface area (TPSA) is 20.3 Å². The van der Waals surface area contributed by atoms with Gasteiger partial charge in [-0.15, -0.1) is 0 Å². The molecule has 1 aliphatic carbocycles. The summed E-state index contributed by atoms with van der Waals surface area (Å²) in [5.41, 5.74) is 0. The molecule has 1 saturated heterocycles. The maximum atomic E-state index is 12.4. The molecule has 0 aromatic carbocycles. The highest BCUT2D eigenvalue weighted by Gasteiger charge is 2.25. The first-order valence-corrected chi connectivity index (χ1v) is 8.42. The Balaban J connectivity index is 1.77. The van der Waals surface area contributed by atoms with Crippen molar-refractivity contribution < 1.29 is 4.79 Å². The second-order valence-electron chi connectivity index (χ2n) is 7.01. The molecule has 110 valence electrons. The Bertz CT molecular complexity index is 281. The van der Waals surface area contributed by atoms with E-state index < -0.39 is 0 Å². The van der Waals surface area contributed by atoms with Crippen LogP contribution in [0, 0.1) is 17.8 Å². The fourth-order valence-corrected chi connectivity index (χ4v) is 3.78. The van der Waals surface area contributed by atoms with Gasteiger partial charge in [-0.3, -0.25) is 9.69 Å². The largest absolute Gasteiger partial charge is 0.298 e. The molecule has 2 aliphatic rings. The van der Waals surface area contributed by atoms with E-state index in [1.165, 1.54) is 38.5 Å². The Kier molecular flexibility index (Phi) is 5.87. The van der Waals surface area contributed by atoms with Gasteiger partial charge in [0.05, 0.1) is 6.54 Å². The average Bonchev–Trinajstić information content (AvgIpc) is 2.65. The van der Waals surface area contributed by atoms with Gasteiger partial charge in [-0.1, -0.05) is 33.1 Å². The number of ketones is 1. The molecule has 19 heavy (non-hydrogen) atoms. The van der Waals surface area contributed by atoms with Gasteiger partial charge in [-0.2, -0.15) is 0 Å². The molecule has 0 aromatic heterocycles. The van der Waals surface area contributed by atoms with Gasteiger partial charge in [-0.05, 0) is 57.0 Å². The quantitative estimate of drug-likeness (QED) is 0.768. The van der Waals surface area contributed by atoms with E-state index in [2.05, 4.69) is 18.7 Å². The molecule has 1 aliphatic heterocycles. The van der Waals surface area contributed by atoms with E-state index in [0.717, 1.165) is 44.3 Å². The van der Waals surface area contributed by atoms with Crippen molar-refractivity contribution >= 4 is 5.78 Å². The molecule has 2 rings (SSSR count). The van der Waals surface area contributed by atoms with E-state index in [9.17, 15) is 4.79 Å². The predicted octanol–water partition coefficient (Wildman–Crippen LogP) is 3.89.